The molecule has 1 aromatic carbocycles. The van der Waals surface area contributed by atoms with Crippen LogP contribution in [0.1, 0.15) is 37.7 Å². The Morgan fingerprint density at radius 1 is 1.27 bits per heavy atom. The number of carbonyl (C=O) groups excluding carboxylic acids is 1. The summed E-state index contributed by atoms with van der Waals surface area (Å²) in [5, 5.41) is 3.45. The summed E-state index contributed by atoms with van der Waals surface area (Å²) in [6.07, 6.45) is 5.75. The van der Waals surface area contributed by atoms with Crippen LogP contribution >= 0.6 is 0 Å². The SMILES string of the molecule is CN(Cc1ccc(F)c(F)c1)C(=O)C1CC2CCCCC2N1. The number of halogens is 2. The molecule has 1 heterocycles. The van der Waals surface area contributed by atoms with E-state index in [0.717, 1.165) is 25.0 Å². The molecule has 2 aliphatic rings. The molecule has 1 amide bonds. The molecule has 5 heteroatoms. The maximum Gasteiger partial charge on any atom is 0.239 e. The Labute approximate surface area is 129 Å². The lowest BCUT2D eigenvalue weighted by Gasteiger charge is -2.24. The van der Waals surface area contributed by atoms with E-state index in [9.17, 15) is 13.6 Å². The van der Waals surface area contributed by atoms with Crippen molar-refractivity contribution in [2.75, 3.05) is 7.05 Å². The topological polar surface area (TPSA) is 32.3 Å². The number of hydrogen-bond donors (Lipinski definition) is 1. The van der Waals surface area contributed by atoms with E-state index in [1.165, 1.54) is 25.3 Å². The second kappa shape index (κ2) is 6.32. The lowest BCUT2D eigenvalue weighted by Crippen LogP contribution is -2.43. The fourth-order valence-corrected chi connectivity index (χ4v) is 3.77. The quantitative estimate of drug-likeness (QED) is 0.931. The van der Waals surface area contributed by atoms with Crippen molar-refractivity contribution in [3.05, 3.63) is 35.4 Å². The molecule has 0 radical (unpaired) electrons. The van der Waals surface area contributed by atoms with Gasteiger partial charge in [-0.05, 0) is 42.9 Å². The second-order valence-electron chi connectivity index (χ2n) is 6.55. The molecule has 1 aliphatic carbocycles. The molecule has 1 saturated carbocycles. The van der Waals surface area contributed by atoms with Crippen molar-refractivity contribution in [3.8, 4) is 0 Å². The van der Waals surface area contributed by atoms with E-state index in [4.69, 9.17) is 0 Å². The van der Waals surface area contributed by atoms with Crippen molar-refractivity contribution < 1.29 is 13.6 Å². The minimum atomic E-state index is -0.872. The standard InChI is InChI=1S/C17H22F2N2O/c1-21(10-11-6-7-13(18)14(19)8-11)17(22)16-9-12-4-2-3-5-15(12)20-16/h6-8,12,15-16,20H,2-5,9-10H2,1H3. The molecule has 1 aromatic rings. The summed E-state index contributed by atoms with van der Waals surface area (Å²) < 4.78 is 26.2. The molecule has 0 aromatic heterocycles. The normalized spacial score (nSPS) is 27.5. The summed E-state index contributed by atoms with van der Waals surface area (Å²) >= 11 is 0. The Morgan fingerprint density at radius 2 is 2.05 bits per heavy atom. The Bertz CT molecular complexity index is 550. The van der Waals surface area contributed by atoms with Gasteiger partial charge in [0.25, 0.3) is 0 Å². The van der Waals surface area contributed by atoms with E-state index in [2.05, 4.69) is 5.32 Å². The predicted molar refractivity (Wildman–Crippen MR) is 80.1 cm³/mol. The Morgan fingerprint density at radius 3 is 2.77 bits per heavy atom. The first kappa shape index (κ1) is 15.4. The fraction of sp³-hybridized carbons (Fsp3) is 0.588. The van der Waals surface area contributed by atoms with Crippen LogP contribution in [0.15, 0.2) is 18.2 Å². The zero-order chi connectivity index (χ0) is 15.7. The first-order chi connectivity index (χ1) is 10.5. The molecule has 3 nitrogen and oxygen atoms in total. The van der Waals surface area contributed by atoms with Gasteiger partial charge in [-0.25, -0.2) is 8.78 Å². The fourth-order valence-electron chi connectivity index (χ4n) is 3.77. The molecule has 22 heavy (non-hydrogen) atoms. The minimum absolute atomic E-state index is 0.0409. The highest BCUT2D eigenvalue weighted by Crippen LogP contribution is 2.33. The van der Waals surface area contributed by atoms with E-state index in [-0.39, 0.29) is 11.9 Å². The second-order valence-corrected chi connectivity index (χ2v) is 6.55. The average Bonchev–Trinajstić information content (AvgIpc) is 2.94. The van der Waals surface area contributed by atoms with Gasteiger partial charge in [0.1, 0.15) is 0 Å². The molecule has 2 fully saturated rings. The highest BCUT2D eigenvalue weighted by atomic mass is 19.2. The van der Waals surface area contributed by atoms with Crippen LogP contribution in [0.5, 0.6) is 0 Å². The van der Waals surface area contributed by atoms with E-state index < -0.39 is 11.6 Å². The van der Waals surface area contributed by atoms with E-state index in [1.54, 1.807) is 11.9 Å². The van der Waals surface area contributed by atoms with Crippen LogP contribution in [-0.2, 0) is 11.3 Å². The minimum Gasteiger partial charge on any atom is -0.340 e. The maximum atomic E-state index is 13.2. The summed E-state index contributed by atoms with van der Waals surface area (Å²) in [5.41, 5.74) is 0.602. The summed E-state index contributed by atoms with van der Waals surface area (Å²) in [7, 11) is 1.72. The van der Waals surface area contributed by atoms with Crippen molar-refractivity contribution in [3.63, 3.8) is 0 Å². The van der Waals surface area contributed by atoms with Gasteiger partial charge in [-0.15, -0.1) is 0 Å². The smallest absolute Gasteiger partial charge is 0.239 e. The van der Waals surface area contributed by atoms with Gasteiger partial charge in [-0.3, -0.25) is 4.79 Å². The van der Waals surface area contributed by atoms with Crippen LogP contribution in [0.3, 0.4) is 0 Å². The zero-order valence-corrected chi connectivity index (χ0v) is 12.8. The number of rotatable bonds is 3. The van der Waals surface area contributed by atoms with E-state index >= 15 is 0 Å². The number of nitrogens with zero attached hydrogens (tertiary/aromatic N) is 1. The van der Waals surface area contributed by atoms with E-state index in [0.29, 0.717) is 24.1 Å². The molecule has 1 aliphatic heterocycles. The highest BCUT2D eigenvalue weighted by Gasteiger charge is 2.39. The number of nitrogens with one attached hydrogen (secondary N) is 1. The summed E-state index contributed by atoms with van der Waals surface area (Å²) in [6, 6.07) is 4.11. The number of fused-ring (bicyclic) bond motifs is 1. The number of likely N-dealkylation sites (N-methyl/N-ethyl adjacent to an activating group) is 1. The molecule has 1 N–H and O–H groups in total. The Kier molecular flexibility index (Phi) is 4.43. The number of hydrogen-bond acceptors (Lipinski definition) is 2. The van der Waals surface area contributed by atoms with Gasteiger partial charge in [-0.1, -0.05) is 18.9 Å². The third-order valence-electron chi connectivity index (χ3n) is 4.94. The van der Waals surface area contributed by atoms with Crippen molar-refractivity contribution >= 4 is 5.91 Å². The van der Waals surface area contributed by atoms with Gasteiger partial charge in [0.05, 0.1) is 6.04 Å². The third kappa shape index (κ3) is 3.14. The lowest BCUT2D eigenvalue weighted by molar-refractivity contribution is -0.132. The molecule has 3 rings (SSSR count). The first-order valence-corrected chi connectivity index (χ1v) is 7.99. The summed E-state index contributed by atoms with van der Waals surface area (Å²) in [5.74, 6) is -1.08. The van der Waals surface area contributed by atoms with Crippen molar-refractivity contribution in [2.45, 2.75) is 50.7 Å². The molecule has 0 spiro atoms. The van der Waals surface area contributed by atoms with Crippen LogP contribution in [0, 0.1) is 17.6 Å². The third-order valence-corrected chi connectivity index (χ3v) is 4.94. The maximum absolute atomic E-state index is 13.2. The monoisotopic (exact) mass is 308 g/mol. The van der Waals surface area contributed by atoms with Gasteiger partial charge in [0.2, 0.25) is 5.91 Å². The molecule has 3 unspecified atom stereocenters. The average molecular weight is 308 g/mol. The molecular weight excluding hydrogens is 286 g/mol. The Hall–Kier alpha value is -1.49. The van der Waals surface area contributed by atoms with Crippen molar-refractivity contribution in [1.82, 2.24) is 10.2 Å². The van der Waals surface area contributed by atoms with Gasteiger partial charge in [0, 0.05) is 19.6 Å². The molecule has 1 saturated heterocycles. The van der Waals surface area contributed by atoms with Crippen molar-refractivity contribution in [2.24, 2.45) is 5.92 Å². The summed E-state index contributed by atoms with van der Waals surface area (Å²) in [4.78, 5) is 14.1. The molecule has 120 valence electrons. The molecule has 0 bridgehead atoms. The van der Waals surface area contributed by atoms with Gasteiger partial charge < -0.3 is 10.2 Å². The first-order valence-electron chi connectivity index (χ1n) is 7.99. The van der Waals surface area contributed by atoms with Crippen LogP contribution in [-0.4, -0.2) is 29.9 Å². The Balaban J connectivity index is 1.61. The number of carbonyl (C=O) groups is 1. The van der Waals surface area contributed by atoms with E-state index in [1.807, 2.05) is 0 Å². The van der Waals surface area contributed by atoms with Gasteiger partial charge in [-0.2, -0.15) is 0 Å². The summed E-state index contributed by atoms with van der Waals surface area (Å²) in [6.45, 7) is 0.295. The number of amides is 1. The largest absolute Gasteiger partial charge is 0.340 e. The molecular formula is C17H22F2N2O. The van der Waals surface area contributed by atoms with Crippen LogP contribution in [0.4, 0.5) is 8.78 Å². The molecule has 3 atom stereocenters. The van der Waals surface area contributed by atoms with Crippen LogP contribution < -0.4 is 5.32 Å². The van der Waals surface area contributed by atoms with Crippen LogP contribution in [0.2, 0.25) is 0 Å². The van der Waals surface area contributed by atoms with Crippen molar-refractivity contribution in [1.29, 1.82) is 0 Å². The van der Waals surface area contributed by atoms with Gasteiger partial charge >= 0.3 is 0 Å². The number of benzene rings is 1. The lowest BCUT2D eigenvalue weighted by atomic mass is 9.85. The predicted octanol–water partition coefficient (Wildman–Crippen LogP) is 2.84. The van der Waals surface area contributed by atoms with Crippen LogP contribution in [0.25, 0.3) is 0 Å². The van der Waals surface area contributed by atoms with Gasteiger partial charge in [0.15, 0.2) is 11.6 Å². The highest BCUT2D eigenvalue weighted by molar-refractivity contribution is 5.82. The zero-order valence-electron chi connectivity index (χ0n) is 12.8.